The maximum atomic E-state index is 3.84. The van der Waals surface area contributed by atoms with Crippen LogP contribution in [0.1, 0.15) is 59.8 Å². The van der Waals surface area contributed by atoms with Gasteiger partial charge < -0.3 is 5.32 Å². The Morgan fingerprint density at radius 2 is 1.88 bits per heavy atom. The minimum atomic E-state index is 0.417. The van der Waals surface area contributed by atoms with Crippen molar-refractivity contribution in [3.63, 3.8) is 0 Å². The molecular formula is C15H30N2. The summed E-state index contributed by atoms with van der Waals surface area (Å²) in [5.74, 6) is 0.980. The molecule has 2 rings (SSSR count). The van der Waals surface area contributed by atoms with E-state index in [0.29, 0.717) is 5.54 Å². The standard InChI is InChI=1S/C15H30N2/c1-5-12(4)17-10-14(13-8-9-13)16-11-15(17,6-2)7-3/h12-14,16H,5-11H2,1-4H3. The number of rotatable bonds is 5. The van der Waals surface area contributed by atoms with E-state index in [2.05, 4.69) is 37.9 Å². The van der Waals surface area contributed by atoms with E-state index in [1.54, 1.807) is 0 Å². The predicted octanol–water partition coefficient (Wildman–Crippen LogP) is 3.03. The van der Waals surface area contributed by atoms with Gasteiger partial charge in [-0.15, -0.1) is 0 Å². The molecule has 2 unspecified atom stereocenters. The Balaban J connectivity index is 2.10. The molecule has 0 bridgehead atoms. The fraction of sp³-hybridized carbons (Fsp3) is 1.00. The van der Waals surface area contributed by atoms with Gasteiger partial charge in [-0.05, 0) is 44.9 Å². The molecule has 0 radical (unpaired) electrons. The summed E-state index contributed by atoms with van der Waals surface area (Å²) in [5.41, 5.74) is 0.417. The van der Waals surface area contributed by atoms with Gasteiger partial charge in [0.05, 0.1) is 0 Å². The molecule has 1 saturated heterocycles. The third-order valence-electron chi connectivity index (χ3n) is 5.33. The Hall–Kier alpha value is -0.0800. The molecule has 1 N–H and O–H groups in total. The predicted molar refractivity (Wildman–Crippen MR) is 74.3 cm³/mol. The Labute approximate surface area is 107 Å². The van der Waals surface area contributed by atoms with Crippen LogP contribution in [0.4, 0.5) is 0 Å². The zero-order chi connectivity index (χ0) is 12.5. The highest BCUT2D eigenvalue weighted by Gasteiger charge is 2.44. The second kappa shape index (κ2) is 5.27. The van der Waals surface area contributed by atoms with Crippen LogP contribution in [0.15, 0.2) is 0 Å². The van der Waals surface area contributed by atoms with Crippen molar-refractivity contribution in [3.05, 3.63) is 0 Å². The fourth-order valence-electron chi connectivity index (χ4n) is 3.48. The topological polar surface area (TPSA) is 15.3 Å². The molecular weight excluding hydrogens is 208 g/mol. The summed E-state index contributed by atoms with van der Waals surface area (Å²) in [5, 5.41) is 3.84. The van der Waals surface area contributed by atoms with E-state index in [-0.39, 0.29) is 0 Å². The van der Waals surface area contributed by atoms with Gasteiger partial charge in [0.15, 0.2) is 0 Å². The third-order valence-corrected chi connectivity index (χ3v) is 5.33. The maximum absolute atomic E-state index is 3.84. The summed E-state index contributed by atoms with van der Waals surface area (Å²) in [7, 11) is 0. The molecule has 1 aliphatic carbocycles. The van der Waals surface area contributed by atoms with Gasteiger partial charge in [0, 0.05) is 30.7 Å². The maximum Gasteiger partial charge on any atom is 0.0332 e. The van der Waals surface area contributed by atoms with Crippen LogP contribution in [-0.4, -0.2) is 35.6 Å². The second-order valence-corrected chi connectivity index (χ2v) is 6.17. The summed E-state index contributed by atoms with van der Waals surface area (Å²) < 4.78 is 0. The van der Waals surface area contributed by atoms with Crippen LogP contribution >= 0.6 is 0 Å². The summed E-state index contributed by atoms with van der Waals surface area (Å²) in [6.45, 7) is 11.9. The zero-order valence-corrected chi connectivity index (χ0v) is 12.1. The van der Waals surface area contributed by atoms with Gasteiger partial charge in [0.1, 0.15) is 0 Å². The third kappa shape index (κ3) is 2.53. The number of nitrogens with one attached hydrogen (secondary N) is 1. The summed E-state index contributed by atoms with van der Waals surface area (Å²) in [6.07, 6.45) is 6.74. The molecule has 1 saturated carbocycles. The molecule has 2 aliphatic rings. The molecule has 2 atom stereocenters. The molecule has 0 amide bonds. The first kappa shape index (κ1) is 13.4. The summed E-state index contributed by atoms with van der Waals surface area (Å²) in [6, 6.07) is 1.51. The van der Waals surface area contributed by atoms with Crippen molar-refractivity contribution in [2.24, 2.45) is 5.92 Å². The van der Waals surface area contributed by atoms with E-state index in [1.165, 1.54) is 45.2 Å². The van der Waals surface area contributed by atoms with Gasteiger partial charge in [-0.2, -0.15) is 0 Å². The van der Waals surface area contributed by atoms with Crippen molar-refractivity contribution in [1.82, 2.24) is 10.2 Å². The minimum Gasteiger partial charge on any atom is -0.311 e. The summed E-state index contributed by atoms with van der Waals surface area (Å²) in [4.78, 5) is 2.83. The van der Waals surface area contributed by atoms with Crippen molar-refractivity contribution in [1.29, 1.82) is 0 Å². The van der Waals surface area contributed by atoms with Crippen LogP contribution in [0.2, 0.25) is 0 Å². The van der Waals surface area contributed by atoms with Crippen LogP contribution in [0.3, 0.4) is 0 Å². The average Bonchev–Trinajstić information content (AvgIpc) is 3.21. The van der Waals surface area contributed by atoms with E-state index in [4.69, 9.17) is 0 Å². The molecule has 2 fully saturated rings. The van der Waals surface area contributed by atoms with Crippen molar-refractivity contribution in [2.45, 2.75) is 77.4 Å². The molecule has 17 heavy (non-hydrogen) atoms. The van der Waals surface area contributed by atoms with Crippen LogP contribution in [0.25, 0.3) is 0 Å². The number of piperazine rings is 1. The smallest absolute Gasteiger partial charge is 0.0332 e. The highest BCUT2D eigenvalue weighted by atomic mass is 15.3. The number of nitrogens with zero attached hydrogens (tertiary/aromatic N) is 1. The second-order valence-electron chi connectivity index (χ2n) is 6.17. The molecule has 1 heterocycles. The fourth-order valence-corrected chi connectivity index (χ4v) is 3.48. The lowest BCUT2D eigenvalue weighted by Gasteiger charge is -2.52. The molecule has 0 aromatic rings. The highest BCUT2D eigenvalue weighted by molar-refractivity contribution is 5.02. The van der Waals surface area contributed by atoms with E-state index < -0.39 is 0 Å². The van der Waals surface area contributed by atoms with Gasteiger partial charge in [-0.1, -0.05) is 20.8 Å². The highest BCUT2D eigenvalue weighted by Crippen LogP contribution is 2.38. The van der Waals surface area contributed by atoms with Crippen molar-refractivity contribution >= 4 is 0 Å². The van der Waals surface area contributed by atoms with E-state index in [9.17, 15) is 0 Å². The SMILES string of the molecule is CCC(C)N1CC(C2CC2)NCC1(CC)CC. The normalized spacial score (nSPS) is 31.4. The Kier molecular flexibility index (Phi) is 4.14. The van der Waals surface area contributed by atoms with E-state index in [0.717, 1.165) is 18.0 Å². The Morgan fingerprint density at radius 3 is 2.35 bits per heavy atom. The van der Waals surface area contributed by atoms with Gasteiger partial charge in [-0.25, -0.2) is 0 Å². The average molecular weight is 238 g/mol. The monoisotopic (exact) mass is 238 g/mol. The molecule has 0 aromatic heterocycles. The quantitative estimate of drug-likeness (QED) is 0.792. The largest absolute Gasteiger partial charge is 0.311 e. The molecule has 2 heteroatoms. The summed E-state index contributed by atoms with van der Waals surface area (Å²) >= 11 is 0. The van der Waals surface area contributed by atoms with Gasteiger partial charge in [-0.3, -0.25) is 4.90 Å². The first-order chi connectivity index (χ1) is 8.16. The van der Waals surface area contributed by atoms with Crippen molar-refractivity contribution in [2.75, 3.05) is 13.1 Å². The Bertz CT molecular complexity index is 243. The van der Waals surface area contributed by atoms with Crippen molar-refractivity contribution in [3.8, 4) is 0 Å². The number of hydrogen-bond donors (Lipinski definition) is 1. The minimum absolute atomic E-state index is 0.417. The first-order valence-corrected chi connectivity index (χ1v) is 7.67. The van der Waals surface area contributed by atoms with Gasteiger partial charge in [0.25, 0.3) is 0 Å². The van der Waals surface area contributed by atoms with Gasteiger partial charge in [0.2, 0.25) is 0 Å². The van der Waals surface area contributed by atoms with Crippen molar-refractivity contribution < 1.29 is 0 Å². The molecule has 0 aromatic carbocycles. The lowest BCUT2D eigenvalue weighted by Crippen LogP contribution is -2.66. The van der Waals surface area contributed by atoms with Crippen LogP contribution < -0.4 is 5.32 Å². The molecule has 100 valence electrons. The molecule has 2 nitrogen and oxygen atoms in total. The lowest BCUT2D eigenvalue weighted by molar-refractivity contribution is -0.00403. The number of hydrogen-bond acceptors (Lipinski definition) is 2. The first-order valence-electron chi connectivity index (χ1n) is 7.67. The Morgan fingerprint density at radius 1 is 1.24 bits per heavy atom. The van der Waals surface area contributed by atoms with E-state index in [1.807, 2.05) is 0 Å². The van der Waals surface area contributed by atoms with Crippen LogP contribution in [0, 0.1) is 5.92 Å². The lowest BCUT2D eigenvalue weighted by atomic mass is 9.85. The van der Waals surface area contributed by atoms with Gasteiger partial charge >= 0.3 is 0 Å². The molecule has 1 aliphatic heterocycles. The van der Waals surface area contributed by atoms with Crippen LogP contribution in [0.5, 0.6) is 0 Å². The van der Waals surface area contributed by atoms with E-state index >= 15 is 0 Å². The zero-order valence-electron chi connectivity index (χ0n) is 12.1. The molecule has 0 spiro atoms. The van der Waals surface area contributed by atoms with Crippen LogP contribution in [-0.2, 0) is 0 Å².